The Hall–Kier alpha value is -2.15. The first-order valence-corrected chi connectivity index (χ1v) is 8.64. The van der Waals surface area contributed by atoms with Crippen LogP contribution in [0.1, 0.15) is 23.2 Å². The molecule has 0 saturated carbocycles. The molecular weight excluding hydrogens is 325 g/mol. The van der Waals surface area contributed by atoms with Gasteiger partial charge in [-0.1, -0.05) is 0 Å². The third-order valence-electron chi connectivity index (χ3n) is 4.78. The summed E-state index contributed by atoms with van der Waals surface area (Å²) in [5.74, 6) is -0.841. The van der Waals surface area contributed by atoms with Crippen molar-refractivity contribution < 1.29 is 18.7 Å². The van der Waals surface area contributed by atoms with Gasteiger partial charge >= 0.3 is 0 Å². The quantitative estimate of drug-likeness (QED) is 0.827. The summed E-state index contributed by atoms with van der Waals surface area (Å²) in [5, 5.41) is 0. The fourth-order valence-corrected chi connectivity index (χ4v) is 3.23. The highest BCUT2D eigenvalue weighted by atomic mass is 19.1. The molecule has 0 bridgehead atoms. The molecule has 2 heterocycles. The lowest BCUT2D eigenvalue weighted by atomic mass is 10.1. The van der Waals surface area contributed by atoms with E-state index in [1.165, 1.54) is 12.1 Å². The standard InChI is InChI=1S/C18H24FN3O3/c1-20(2)13-5-6-14(15(19)12-13)17(23)21-7-9-22(10-8-21)18(24)16-4-3-11-25-16/h5-6,12,16H,3-4,7-11H2,1-2H3. The maximum absolute atomic E-state index is 14.3. The second-order valence-electron chi connectivity index (χ2n) is 6.68. The van der Waals surface area contributed by atoms with Crippen molar-refractivity contribution >= 4 is 17.5 Å². The molecule has 0 spiro atoms. The van der Waals surface area contributed by atoms with E-state index in [2.05, 4.69) is 0 Å². The molecule has 0 N–H and O–H groups in total. The highest BCUT2D eigenvalue weighted by Crippen LogP contribution is 2.20. The van der Waals surface area contributed by atoms with Gasteiger partial charge < -0.3 is 19.4 Å². The second-order valence-corrected chi connectivity index (χ2v) is 6.68. The third kappa shape index (κ3) is 3.76. The second kappa shape index (κ2) is 7.39. The van der Waals surface area contributed by atoms with Crippen LogP contribution in [0.15, 0.2) is 18.2 Å². The SMILES string of the molecule is CN(C)c1ccc(C(=O)N2CCN(C(=O)C3CCCO3)CC2)c(F)c1. The first kappa shape index (κ1) is 17.7. The minimum Gasteiger partial charge on any atom is -0.378 e. The van der Waals surface area contributed by atoms with Gasteiger partial charge in [-0.05, 0) is 31.0 Å². The Labute approximate surface area is 147 Å². The van der Waals surface area contributed by atoms with E-state index in [9.17, 15) is 14.0 Å². The van der Waals surface area contributed by atoms with E-state index in [0.717, 1.165) is 12.8 Å². The van der Waals surface area contributed by atoms with Crippen molar-refractivity contribution in [2.75, 3.05) is 51.8 Å². The fraction of sp³-hybridized carbons (Fsp3) is 0.556. The summed E-state index contributed by atoms with van der Waals surface area (Å²) in [4.78, 5) is 30.0. The van der Waals surface area contributed by atoms with Crippen LogP contribution < -0.4 is 4.90 Å². The van der Waals surface area contributed by atoms with Gasteiger partial charge in [0.15, 0.2) is 0 Å². The van der Waals surface area contributed by atoms with Crippen molar-refractivity contribution in [2.24, 2.45) is 0 Å². The van der Waals surface area contributed by atoms with Gasteiger partial charge in [0.2, 0.25) is 0 Å². The summed E-state index contributed by atoms with van der Waals surface area (Å²) < 4.78 is 19.7. The van der Waals surface area contributed by atoms with Crippen LogP contribution in [0.3, 0.4) is 0 Å². The Morgan fingerprint density at radius 2 is 1.84 bits per heavy atom. The number of nitrogens with zero attached hydrogens (tertiary/aromatic N) is 3. The summed E-state index contributed by atoms with van der Waals surface area (Å²) in [6.45, 7) is 2.37. The Morgan fingerprint density at radius 3 is 2.40 bits per heavy atom. The van der Waals surface area contributed by atoms with Crippen LogP contribution >= 0.6 is 0 Å². The molecule has 0 aliphatic carbocycles. The number of rotatable bonds is 3. The van der Waals surface area contributed by atoms with Crippen LogP contribution in [-0.2, 0) is 9.53 Å². The molecule has 3 rings (SSSR count). The van der Waals surface area contributed by atoms with Crippen LogP contribution in [0, 0.1) is 5.82 Å². The molecule has 25 heavy (non-hydrogen) atoms. The minimum atomic E-state index is -0.519. The zero-order valence-electron chi connectivity index (χ0n) is 14.7. The van der Waals surface area contributed by atoms with E-state index in [1.807, 2.05) is 14.1 Å². The van der Waals surface area contributed by atoms with Crippen molar-refractivity contribution in [2.45, 2.75) is 18.9 Å². The van der Waals surface area contributed by atoms with Crippen LogP contribution in [0.5, 0.6) is 0 Å². The first-order chi connectivity index (χ1) is 12.0. The smallest absolute Gasteiger partial charge is 0.256 e. The predicted molar refractivity (Wildman–Crippen MR) is 92.2 cm³/mol. The first-order valence-electron chi connectivity index (χ1n) is 8.64. The summed E-state index contributed by atoms with van der Waals surface area (Å²) in [6, 6.07) is 4.62. The number of piperazine rings is 1. The number of hydrogen-bond acceptors (Lipinski definition) is 4. The molecule has 1 aromatic carbocycles. The number of carbonyl (C=O) groups is 2. The van der Waals surface area contributed by atoms with E-state index in [0.29, 0.717) is 38.5 Å². The average molecular weight is 349 g/mol. The number of carbonyl (C=O) groups excluding carboxylic acids is 2. The summed E-state index contributed by atoms with van der Waals surface area (Å²) >= 11 is 0. The molecule has 2 fully saturated rings. The topological polar surface area (TPSA) is 53.1 Å². The molecule has 1 atom stereocenters. The van der Waals surface area contributed by atoms with Gasteiger partial charge in [-0.25, -0.2) is 4.39 Å². The summed E-state index contributed by atoms with van der Waals surface area (Å²) in [5.41, 5.74) is 0.783. The highest BCUT2D eigenvalue weighted by Gasteiger charge is 2.32. The molecule has 2 aliphatic heterocycles. The number of hydrogen-bond donors (Lipinski definition) is 0. The largest absolute Gasteiger partial charge is 0.378 e. The zero-order chi connectivity index (χ0) is 18.0. The van der Waals surface area contributed by atoms with Crippen molar-refractivity contribution in [1.29, 1.82) is 0 Å². The molecular formula is C18H24FN3O3. The van der Waals surface area contributed by atoms with Gasteiger partial charge in [-0.15, -0.1) is 0 Å². The number of anilines is 1. The molecule has 136 valence electrons. The van der Waals surface area contributed by atoms with Gasteiger partial charge in [0.25, 0.3) is 11.8 Å². The lowest BCUT2D eigenvalue weighted by Gasteiger charge is -2.35. The minimum absolute atomic E-state index is 0.00566. The normalized spacial score (nSPS) is 20.7. The van der Waals surface area contributed by atoms with E-state index in [1.54, 1.807) is 20.8 Å². The van der Waals surface area contributed by atoms with Crippen LogP contribution in [-0.4, -0.2) is 74.6 Å². The van der Waals surface area contributed by atoms with Crippen LogP contribution in [0.25, 0.3) is 0 Å². The molecule has 1 unspecified atom stereocenters. The zero-order valence-corrected chi connectivity index (χ0v) is 14.7. The Bertz CT molecular complexity index is 651. The summed E-state index contributed by atoms with van der Waals surface area (Å²) in [7, 11) is 3.64. The van der Waals surface area contributed by atoms with Crippen molar-refractivity contribution in [1.82, 2.24) is 9.80 Å². The van der Waals surface area contributed by atoms with Crippen molar-refractivity contribution in [3.63, 3.8) is 0 Å². The Balaban J connectivity index is 1.60. The maximum atomic E-state index is 14.3. The lowest BCUT2D eigenvalue weighted by Crippen LogP contribution is -2.52. The third-order valence-corrected chi connectivity index (χ3v) is 4.78. The highest BCUT2D eigenvalue weighted by molar-refractivity contribution is 5.95. The summed E-state index contributed by atoms with van der Waals surface area (Å²) in [6.07, 6.45) is 1.34. The molecule has 2 aliphatic rings. The molecule has 7 heteroatoms. The van der Waals surface area contributed by atoms with Crippen molar-refractivity contribution in [3.05, 3.63) is 29.6 Å². The maximum Gasteiger partial charge on any atom is 0.256 e. The lowest BCUT2D eigenvalue weighted by molar-refractivity contribution is -0.142. The van der Waals surface area contributed by atoms with Crippen LogP contribution in [0.4, 0.5) is 10.1 Å². The molecule has 2 saturated heterocycles. The van der Waals surface area contributed by atoms with E-state index >= 15 is 0 Å². The Morgan fingerprint density at radius 1 is 1.16 bits per heavy atom. The molecule has 2 amide bonds. The van der Waals surface area contributed by atoms with Gasteiger partial charge in [0.05, 0.1) is 5.56 Å². The molecule has 0 aromatic heterocycles. The van der Waals surface area contributed by atoms with Crippen LogP contribution in [0.2, 0.25) is 0 Å². The van der Waals surface area contributed by atoms with Gasteiger partial charge in [0.1, 0.15) is 11.9 Å². The predicted octanol–water partition coefficient (Wildman–Crippen LogP) is 1.36. The fourth-order valence-electron chi connectivity index (χ4n) is 3.23. The number of amides is 2. The number of ether oxygens (including phenoxy) is 1. The average Bonchev–Trinajstić information content (AvgIpc) is 3.15. The molecule has 1 aromatic rings. The molecule has 0 radical (unpaired) electrons. The van der Waals surface area contributed by atoms with Crippen molar-refractivity contribution in [3.8, 4) is 0 Å². The number of benzene rings is 1. The monoisotopic (exact) mass is 349 g/mol. The van der Waals surface area contributed by atoms with E-state index < -0.39 is 5.82 Å². The number of halogens is 1. The Kier molecular flexibility index (Phi) is 5.22. The van der Waals surface area contributed by atoms with E-state index in [-0.39, 0.29) is 23.5 Å². The van der Waals surface area contributed by atoms with Gasteiger partial charge in [-0.3, -0.25) is 9.59 Å². The molecule has 6 nitrogen and oxygen atoms in total. The van der Waals surface area contributed by atoms with Gasteiger partial charge in [0, 0.05) is 52.6 Å². The van der Waals surface area contributed by atoms with Gasteiger partial charge in [-0.2, -0.15) is 0 Å². The van der Waals surface area contributed by atoms with E-state index in [4.69, 9.17) is 4.74 Å².